The highest BCUT2D eigenvalue weighted by Crippen LogP contribution is 2.19. The van der Waals surface area contributed by atoms with Gasteiger partial charge in [-0.25, -0.2) is 0 Å². The standard InChI is InChI=1S/C7H7Cl2N.C3H8.C2H6/c8-6-2-1-5(4-10)7(9)3-6;1-3-2;1-2/h1-3H,4,10H2;3H2,1-2H3;1-2H3. The van der Waals surface area contributed by atoms with Crippen LogP contribution >= 0.6 is 23.2 Å². The Morgan fingerprint density at radius 1 is 1.13 bits per heavy atom. The van der Waals surface area contributed by atoms with Crippen LogP contribution in [0.1, 0.15) is 39.7 Å². The molecule has 0 unspecified atom stereocenters. The third kappa shape index (κ3) is 8.73. The van der Waals surface area contributed by atoms with E-state index in [4.69, 9.17) is 28.9 Å². The number of hydrogen-bond acceptors (Lipinski definition) is 1. The molecule has 0 aliphatic carbocycles. The van der Waals surface area contributed by atoms with Gasteiger partial charge in [0.05, 0.1) is 0 Å². The molecule has 0 saturated carbocycles. The van der Waals surface area contributed by atoms with Gasteiger partial charge in [-0.3, -0.25) is 0 Å². The fourth-order valence-electron chi connectivity index (χ4n) is 0.687. The van der Waals surface area contributed by atoms with Crippen LogP contribution in [0.25, 0.3) is 0 Å². The molecule has 3 heteroatoms. The Bertz CT molecular complexity index is 249. The van der Waals surface area contributed by atoms with Crippen LogP contribution in [0.15, 0.2) is 18.2 Å². The molecule has 0 saturated heterocycles. The van der Waals surface area contributed by atoms with E-state index in [1.807, 2.05) is 19.9 Å². The van der Waals surface area contributed by atoms with Gasteiger partial charge in [0.25, 0.3) is 0 Å². The van der Waals surface area contributed by atoms with Crippen molar-refractivity contribution in [1.82, 2.24) is 0 Å². The van der Waals surface area contributed by atoms with Crippen molar-refractivity contribution in [3.05, 3.63) is 33.8 Å². The molecule has 0 amide bonds. The molecule has 0 spiro atoms. The van der Waals surface area contributed by atoms with Gasteiger partial charge in [-0.15, -0.1) is 0 Å². The zero-order chi connectivity index (χ0) is 12.3. The average Bonchev–Trinajstić information content (AvgIpc) is 2.22. The van der Waals surface area contributed by atoms with Gasteiger partial charge in [0, 0.05) is 16.6 Å². The second-order valence-corrected chi connectivity index (χ2v) is 3.49. The lowest BCUT2D eigenvalue weighted by atomic mass is 10.2. The summed E-state index contributed by atoms with van der Waals surface area (Å²) >= 11 is 11.4. The normalized spacial score (nSPS) is 8.20. The molecule has 15 heavy (non-hydrogen) atoms. The molecule has 1 rings (SSSR count). The second kappa shape index (κ2) is 11.8. The summed E-state index contributed by atoms with van der Waals surface area (Å²) in [5.74, 6) is 0. The first-order valence-electron chi connectivity index (χ1n) is 5.29. The SMILES string of the molecule is CC.CCC.NCc1ccc(Cl)cc1Cl. The predicted molar refractivity (Wildman–Crippen MR) is 71.7 cm³/mol. The van der Waals surface area contributed by atoms with Crippen LogP contribution in [0.3, 0.4) is 0 Å². The summed E-state index contributed by atoms with van der Waals surface area (Å²) in [5.41, 5.74) is 6.30. The van der Waals surface area contributed by atoms with E-state index < -0.39 is 0 Å². The van der Waals surface area contributed by atoms with Gasteiger partial charge >= 0.3 is 0 Å². The molecule has 0 radical (unpaired) electrons. The van der Waals surface area contributed by atoms with Crippen molar-refractivity contribution in [3.63, 3.8) is 0 Å². The van der Waals surface area contributed by atoms with Crippen molar-refractivity contribution in [1.29, 1.82) is 0 Å². The minimum atomic E-state index is 0.454. The van der Waals surface area contributed by atoms with Crippen LogP contribution in [0.5, 0.6) is 0 Å². The van der Waals surface area contributed by atoms with Crippen molar-refractivity contribution < 1.29 is 0 Å². The summed E-state index contributed by atoms with van der Waals surface area (Å²) < 4.78 is 0. The number of nitrogens with two attached hydrogens (primary N) is 1. The molecule has 0 fully saturated rings. The Labute approximate surface area is 104 Å². The second-order valence-electron chi connectivity index (χ2n) is 2.65. The maximum atomic E-state index is 5.77. The van der Waals surface area contributed by atoms with Crippen molar-refractivity contribution in [2.45, 2.75) is 40.7 Å². The Morgan fingerprint density at radius 2 is 1.60 bits per heavy atom. The summed E-state index contributed by atoms with van der Waals surface area (Å²) in [7, 11) is 0. The lowest BCUT2D eigenvalue weighted by molar-refractivity contribution is 1.07. The molecule has 1 nitrogen and oxygen atoms in total. The summed E-state index contributed by atoms with van der Waals surface area (Å²) in [6.07, 6.45) is 1.25. The van der Waals surface area contributed by atoms with Gasteiger partial charge in [-0.05, 0) is 17.7 Å². The van der Waals surface area contributed by atoms with Crippen LogP contribution in [0.4, 0.5) is 0 Å². The minimum absolute atomic E-state index is 0.454. The van der Waals surface area contributed by atoms with Crippen LogP contribution in [-0.2, 0) is 6.54 Å². The molecule has 0 heterocycles. The van der Waals surface area contributed by atoms with E-state index in [1.165, 1.54) is 6.42 Å². The van der Waals surface area contributed by atoms with E-state index in [2.05, 4.69) is 13.8 Å². The highest BCUT2D eigenvalue weighted by molar-refractivity contribution is 6.35. The van der Waals surface area contributed by atoms with Gasteiger partial charge in [-0.2, -0.15) is 0 Å². The average molecular weight is 250 g/mol. The summed E-state index contributed by atoms with van der Waals surface area (Å²) in [4.78, 5) is 0. The zero-order valence-electron chi connectivity index (χ0n) is 9.98. The van der Waals surface area contributed by atoms with Crippen molar-refractivity contribution in [2.24, 2.45) is 5.73 Å². The first kappa shape index (κ1) is 17.2. The molecular formula is C12H21Cl2N. The molecule has 0 aliphatic rings. The van der Waals surface area contributed by atoms with Gasteiger partial charge in [0.2, 0.25) is 0 Å². The lowest BCUT2D eigenvalue weighted by Crippen LogP contribution is -1.96. The molecule has 0 aliphatic heterocycles. The minimum Gasteiger partial charge on any atom is -0.326 e. The van der Waals surface area contributed by atoms with Gasteiger partial charge < -0.3 is 5.73 Å². The van der Waals surface area contributed by atoms with E-state index in [0.29, 0.717) is 16.6 Å². The quantitative estimate of drug-likeness (QED) is 0.754. The molecule has 2 N–H and O–H groups in total. The van der Waals surface area contributed by atoms with Crippen LogP contribution in [0, 0.1) is 0 Å². The van der Waals surface area contributed by atoms with E-state index in [1.54, 1.807) is 12.1 Å². The maximum absolute atomic E-state index is 5.77. The van der Waals surface area contributed by atoms with E-state index in [9.17, 15) is 0 Å². The maximum Gasteiger partial charge on any atom is 0.0465 e. The molecule has 1 aromatic rings. The van der Waals surface area contributed by atoms with Gasteiger partial charge in [0.1, 0.15) is 0 Å². The highest BCUT2D eigenvalue weighted by Gasteiger charge is 1.96. The van der Waals surface area contributed by atoms with E-state index in [-0.39, 0.29) is 0 Å². The molecule has 0 aromatic heterocycles. The molecular weight excluding hydrogens is 229 g/mol. The van der Waals surface area contributed by atoms with Gasteiger partial charge in [0.15, 0.2) is 0 Å². The number of hydrogen-bond donors (Lipinski definition) is 1. The van der Waals surface area contributed by atoms with Crippen LogP contribution < -0.4 is 5.73 Å². The molecule has 0 bridgehead atoms. The number of rotatable bonds is 1. The van der Waals surface area contributed by atoms with Crippen LogP contribution in [-0.4, -0.2) is 0 Å². The fraction of sp³-hybridized carbons (Fsp3) is 0.500. The van der Waals surface area contributed by atoms with Crippen molar-refractivity contribution in [2.75, 3.05) is 0 Å². The molecule has 0 atom stereocenters. The van der Waals surface area contributed by atoms with Gasteiger partial charge in [-0.1, -0.05) is 63.4 Å². The summed E-state index contributed by atoms with van der Waals surface area (Å²) in [6.45, 7) is 8.70. The summed E-state index contributed by atoms with van der Waals surface area (Å²) in [6, 6.07) is 5.28. The monoisotopic (exact) mass is 249 g/mol. The molecule has 1 aromatic carbocycles. The predicted octanol–water partition coefficient (Wildman–Crippen LogP) is 4.89. The van der Waals surface area contributed by atoms with Crippen molar-refractivity contribution in [3.8, 4) is 0 Å². The summed E-state index contributed by atoms with van der Waals surface area (Å²) in [5, 5.41) is 1.28. The zero-order valence-corrected chi connectivity index (χ0v) is 11.5. The molecule has 88 valence electrons. The third-order valence-electron chi connectivity index (χ3n) is 1.24. The Morgan fingerprint density at radius 3 is 1.93 bits per heavy atom. The smallest absolute Gasteiger partial charge is 0.0465 e. The lowest BCUT2D eigenvalue weighted by Gasteiger charge is -1.98. The Balaban J connectivity index is 0. The Hall–Kier alpha value is -0.240. The van der Waals surface area contributed by atoms with Crippen LogP contribution in [0.2, 0.25) is 10.0 Å². The van der Waals surface area contributed by atoms with E-state index >= 15 is 0 Å². The largest absolute Gasteiger partial charge is 0.326 e. The third-order valence-corrected chi connectivity index (χ3v) is 1.82. The number of halogens is 2. The van der Waals surface area contributed by atoms with E-state index in [0.717, 1.165) is 5.56 Å². The van der Waals surface area contributed by atoms with Crippen molar-refractivity contribution >= 4 is 23.2 Å². The topological polar surface area (TPSA) is 26.0 Å². The number of benzene rings is 1. The highest BCUT2D eigenvalue weighted by atomic mass is 35.5. The fourth-order valence-corrected chi connectivity index (χ4v) is 1.17. The first-order valence-corrected chi connectivity index (χ1v) is 6.05. The first-order chi connectivity index (χ1) is 7.15. The Kier molecular flexibility index (Phi) is 13.5.